The van der Waals surface area contributed by atoms with Gasteiger partial charge in [0.05, 0.1) is 13.5 Å². The summed E-state index contributed by atoms with van der Waals surface area (Å²) in [5.41, 5.74) is 0.785. The van der Waals surface area contributed by atoms with Crippen molar-refractivity contribution in [3.05, 3.63) is 29.8 Å². The van der Waals surface area contributed by atoms with Crippen LogP contribution < -0.4 is 5.32 Å². The summed E-state index contributed by atoms with van der Waals surface area (Å²) in [4.78, 5) is 22.5. The third-order valence-corrected chi connectivity index (χ3v) is 2.88. The van der Waals surface area contributed by atoms with Gasteiger partial charge in [0, 0.05) is 13.0 Å². The molecule has 0 aliphatic rings. The summed E-state index contributed by atoms with van der Waals surface area (Å²) in [6.45, 7) is 0.596. The predicted octanol–water partition coefficient (Wildman–Crippen LogP) is 1.78. The number of nitrogens with one attached hydrogen (secondary N) is 1. The van der Waals surface area contributed by atoms with Crippen molar-refractivity contribution in [3.63, 3.8) is 0 Å². The average Bonchev–Trinajstić information content (AvgIpc) is 2.42. The molecule has 0 atom stereocenters. The van der Waals surface area contributed by atoms with Gasteiger partial charge < -0.3 is 15.2 Å². The van der Waals surface area contributed by atoms with E-state index in [1.807, 2.05) is 0 Å². The third-order valence-electron chi connectivity index (χ3n) is 2.88. The first-order chi connectivity index (χ1) is 9.61. The number of rotatable bonds is 8. The van der Waals surface area contributed by atoms with Crippen LogP contribution in [0.1, 0.15) is 31.2 Å². The average molecular weight is 279 g/mol. The number of hydrogen-bond donors (Lipinski definition) is 2. The molecule has 5 heteroatoms. The second-order valence-corrected chi connectivity index (χ2v) is 4.58. The van der Waals surface area contributed by atoms with Gasteiger partial charge in [-0.2, -0.15) is 0 Å². The van der Waals surface area contributed by atoms with E-state index in [0.29, 0.717) is 13.0 Å². The number of methoxy groups -OCH3 is 1. The van der Waals surface area contributed by atoms with E-state index >= 15 is 0 Å². The van der Waals surface area contributed by atoms with Gasteiger partial charge in [-0.3, -0.25) is 9.59 Å². The van der Waals surface area contributed by atoms with Gasteiger partial charge in [0.1, 0.15) is 5.75 Å². The van der Waals surface area contributed by atoms with Gasteiger partial charge in [0.15, 0.2) is 0 Å². The Morgan fingerprint density at radius 1 is 1.25 bits per heavy atom. The van der Waals surface area contributed by atoms with Crippen LogP contribution in [0, 0.1) is 0 Å². The fourth-order valence-corrected chi connectivity index (χ4v) is 1.82. The standard InChI is InChI=1S/C15H21NO4/c1-20-15(19)8-3-2-4-9-16-14(18)11-12-6-5-7-13(17)10-12/h5-7,10,17H,2-4,8-9,11H2,1H3,(H,16,18). The molecule has 0 aliphatic carbocycles. The number of carbonyl (C=O) groups is 2. The SMILES string of the molecule is COC(=O)CCCCCNC(=O)Cc1cccc(O)c1. The van der Waals surface area contributed by atoms with Crippen LogP contribution in [0.4, 0.5) is 0 Å². The monoisotopic (exact) mass is 279 g/mol. The minimum Gasteiger partial charge on any atom is -0.508 e. The molecule has 0 aromatic heterocycles. The van der Waals surface area contributed by atoms with Crippen molar-refractivity contribution in [2.45, 2.75) is 32.1 Å². The number of esters is 1. The van der Waals surface area contributed by atoms with Crippen LogP contribution in [0.5, 0.6) is 5.75 Å². The molecule has 110 valence electrons. The lowest BCUT2D eigenvalue weighted by Gasteiger charge is -2.05. The highest BCUT2D eigenvalue weighted by Crippen LogP contribution is 2.11. The van der Waals surface area contributed by atoms with E-state index < -0.39 is 0 Å². The van der Waals surface area contributed by atoms with Gasteiger partial charge in [0.2, 0.25) is 5.91 Å². The summed E-state index contributed by atoms with van der Waals surface area (Å²) in [6, 6.07) is 6.67. The smallest absolute Gasteiger partial charge is 0.305 e. The zero-order valence-electron chi connectivity index (χ0n) is 11.7. The molecule has 0 saturated heterocycles. The Morgan fingerprint density at radius 2 is 2.05 bits per heavy atom. The maximum atomic E-state index is 11.6. The lowest BCUT2D eigenvalue weighted by Crippen LogP contribution is -2.26. The largest absolute Gasteiger partial charge is 0.508 e. The van der Waals surface area contributed by atoms with Crippen molar-refractivity contribution in [2.24, 2.45) is 0 Å². The Balaban J connectivity index is 2.10. The van der Waals surface area contributed by atoms with Gasteiger partial charge in [0.25, 0.3) is 0 Å². The number of phenols is 1. The first-order valence-corrected chi connectivity index (χ1v) is 6.73. The molecule has 0 radical (unpaired) electrons. The lowest BCUT2D eigenvalue weighted by atomic mass is 10.1. The maximum absolute atomic E-state index is 11.6. The molecule has 0 saturated carbocycles. The van der Waals surface area contributed by atoms with Crippen LogP contribution in [0.25, 0.3) is 0 Å². The molecule has 0 aliphatic heterocycles. The van der Waals surface area contributed by atoms with Crippen molar-refractivity contribution >= 4 is 11.9 Å². The number of benzene rings is 1. The Kier molecular flexibility index (Phi) is 7.17. The summed E-state index contributed by atoms with van der Waals surface area (Å²) in [7, 11) is 1.38. The van der Waals surface area contributed by atoms with Gasteiger partial charge in [-0.1, -0.05) is 18.6 Å². The van der Waals surface area contributed by atoms with Gasteiger partial charge in [-0.15, -0.1) is 0 Å². The van der Waals surface area contributed by atoms with E-state index in [9.17, 15) is 14.7 Å². The Bertz CT molecular complexity index is 445. The predicted molar refractivity (Wildman–Crippen MR) is 75.3 cm³/mol. The van der Waals surface area contributed by atoms with Crippen molar-refractivity contribution in [3.8, 4) is 5.75 Å². The Labute approximate surface area is 118 Å². The number of ether oxygens (including phenoxy) is 1. The number of aromatic hydroxyl groups is 1. The zero-order valence-corrected chi connectivity index (χ0v) is 11.7. The van der Waals surface area contributed by atoms with Crippen molar-refractivity contribution < 1.29 is 19.4 Å². The molecule has 1 amide bonds. The molecule has 5 nitrogen and oxygen atoms in total. The quantitative estimate of drug-likeness (QED) is 0.562. The molecule has 20 heavy (non-hydrogen) atoms. The molecular formula is C15H21NO4. The highest BCUT2D eigenvalue weighted by molar-refractivity contribution is 5.78. The number of amides is 1. The fraction of sp³-hybridized carbons (Fsp3) is 0.467. The van der Waals surface area contributed by atoms with Crippen LogP contribution in [0.3, 0.4) is 0 Å². The molecule has 0 unspecified atom stereocenters. The number of phenolic OH excluding ortho intramolecular Hbond substituents is 1. The summed E-state index contributed by atoms with van der Waals surface area (Å²) in [5.74, 6) is -0.0976. The number of unbranched alkanes of at least 4 members (excludes halogenated alkanes) is 2. The molecule has 2 N–H and O–H groups in total. The van der Waals surface area contributed by atoms with Crippen molar-refractivity contribution in [1.82, 2.24) is 5.32 Å². The normalized spacial score (nSPS) is 10.1. The number of hydrogen-bond acceptors (Lipinski definition) is 4. The molecule has 0 spiro atoms. The Morgan fingerprint density at radius 3 is 2.75 bits per heavy atom. The summed E-state index contributed by atoms with van der Waals surface area (Å²) >= 11 is 0. The van der Waals surface area contributed by atoms with E-state index in [-0.39, 0.29) is 24.0 Å². The number of carbonyl (C=O) groups excluding carboxylic acids is 2. The second-order valence-electron chi connectivity index (χ2n) is 4.58. The maximum Gasteiger partial charge on any atom is 0.305 e. The van der Waals surface area contributed by atoms with Crippen LogP contribution in [-0.2, 0) is 20.7 Å². The van der Waals surface area contributed by atoms with E-state index in [4.69, 9.17) is 0 Å². The van der Waals surface area contributed by atoms with E-state index in [1.165, 1.54) is 7.11 Å². The second kappa shape index (κ2) is 8.96. The van der Waals surface area contributed by atoms with Crippen LogP contribution in [-0.4, -0.2) is 30.6 Å². The summed E-state index contributed by atoms with van der Waals surface area (Å²) in [5, 5.41) is 12.1. The third kappa shape index (κ3) is 6.78. The minimum atomic E-state index is -0.196. The van der Waals surface area contributed by atoms with Crippen LogP contribution in [0.15, 0.2) is 24.3 Å². The minimum absolute atomic E-state index is 0.0661. The molecule has 0 fully saturated rings. The molecule has 1 aromatic rings. The van der Waals surface area contributed by atoms with Crippen LogP contribution >= 0.6 is 0 Å². The van der Waals surface area contributed by atoms with E-state index in [2.05, 4.69) is 10.1 Å². The van der Waals surface area contributed by atoms with E-state index in [1.54, 1.807) is 24.3 Å². The van der Waals surface area contributed by atoms with Gasteiger partial charge >= 0.3 is 5.97 Å². The van der Waals surface area contributed by atoms with Crippen molar-refractivity contribution in [1.29, 1.82) is 0 Å². The zero-order chi connectivity index (χ0) is 14.8. The van der Waals surface area contributed by atoms with Crippen molar-refractivity contribution in [2.75, 3.05) is 13.7 Å². The molecular weight excluding hydrogens is 258 g/mol. The summed E-state index contributed by atoms with van der Waals surface area (Å²) in [6.07, 6.45) is 3.17. The highest BCUT2D eigenvalue weighted by Gasteiger charge is 2.04. The van der Waals surface area contributed by atoms with Gasteiger partial charge in [-0.05, 0) is 30.5 Å². The Hall–Kier alpha value is -2.04. The first-order valence-electron chi connectivity index (χ1n) is 6.73. The van der Waals surface area contributed by atoms with Gasteiger partial charge in [-0.25, -0.2) is 0 Å². The molecule has 0 bridgehead atoms. The van der Waals surface area contributed by atoms with E-state index in [0.717, 1.165) is 24.8 Å². The van der Waals surface area contributed by atoms with Crippen LogP contribution in [0.2, 0.25) is 0 Å². The highest BCUT2D eigenvalue weighted by atomic mass is 16.5. The fourth-order valence-electron chi connectivity index (χ4n) is 1.82. The topological polar surface area (TPSA) is 75.6 Å². The lowest BCUT2D eigenvalue weighted by molar-refractivity contribution is -0.140. The molecule has 0 heterocycles. The molecule has 1 aromatic carbocycles. The first kappa shape index (κ1) is 16.0. The summed E-state index contributed by atoms with van der Waals surface area (Å²) < 4.78 is 4.54. The molecule has 1 rings (SSSR count).